The zero-order valence-electron chi connectivity index (χ0n) is 15.6. The van der Waals surface area contributed by atoms with Crippen LogP contribution in [-0.4, -0.2) is 17.1 Å². The largest absolute Gasteiger partial charge is 0.475 e. The summed E-state index contributed by atoms with van der Waals surface area (Å²) < 4.78 is 5.85. The number of nitrogens with one attached hydrogen (secondary N) is 1. The Balaban J connectivity index is 1.92. The molecule has 0 saturated heterocycles. The Morgan fingerprint density at radius 3 is 2.38 bits per heavy atom. The number of rotatable bonds is 7. The minimum Gasteiger partial charge on any atom is -0.475 e. The molecule has 3 rings (SSSR count). The quantitative estimate of drug-likeness (QED) is 0.364. The number of anilines is 1. The van der Waals surface area contributed by atoms with E-state index in [-0.39, 0.29) is 17.0 Å². The smallest absolute Gasteiger partial charge is 0.270 e. The molecule has 0 saturated carbocycles. The summed E-state index contributed by atoms with van der Waals surface area (Å²) in [5, 5.41) is 13.7. The van der Waals surface area contributed by atoms with Crippen LogP contribution in [0, 0.1) is 17.0 Å². The van der Waals surface area contributed by atoms with Crippen LogP contribution in [0.15, 0.2) is 72.8 Å². The van der Waals surface area contributed by atoms with Gasteiger partial charge in [0.1, 0.15) is 5.75 Å². The van der Waals surface area contributed by atoms with Gasteiger partial charge in [-0.3, -0.25) is 19.7 Å². The molecule has 0 fully saturated rings. The number of hydrogen-bond acceptors (Lipinski definition) is 5. The number of hydrogen-bond donors (Lipinski definition) is 1. The van der Waals surface area contributed by atoms with Gasteiger partial charge in [-0.05, 0) is 25.1 Å². The van der Waals surface area contributed by atoms with Crippen molar-refractivity contribution < 1.29 is 19.2 Å². The summed E-state index contributed by atoms with van der Waals surface area (Å²) >= 11 is 0. The molecule has 3 aromatic rings. The first-order chi connectivity index (χ1) is 14.0. The van der Waals surface area contributed by atoms with Crippen LogP contribution in [0.4, 0.5) is 11.4 Å². The van der Waals surface area contributed by atoms with Gasteiger partial charge in [0.25, 0.3) is 11.6 Å². The summed E-state index contributed by atoms with van der Waals surface area (Å²) in [6.45, 7) is 1.94. The van der Waals surface area contributed by atoms with E-state index in [1.807, 2.05) is 19.1 Å². The van der Waals surface area contributed by atoms with Gasteiger partial charge in [0.05, 0.1) is 10.5 Å². The number of ether oxygens (including phenoxy) is 1. The monoisotopic (exact) mass is 390 g/mol. The highest BCUT2D eigenvalue weighted by molar-refractivity contribution is 5.95. The first-order valence-electron chi connectivity index (χ1n) is 8.80. The molecule has 0 heterocycles. The number of nitrogens with zero attached hydrogens (tertiary/aromatic N) is 1. The fourth-order valence-corrected chi connectivity index (χ4v) is 2.72. The number of benzene rings is 3. The van der Waals surface area contributed by atoms with Crippen LogP contribution in [0.2, 0.25) is 0 Å². The highest BCUT2D eigenvalue weighted by Gasteiger charge is 2.24. The molecule has 146 valence electrons. The lowest BCUT2D eigenvalue weighted by Crippen LogP contribution is -2.26. The first kappa shape index (κ1) is 19.8. The van der Waals surface area contributed by atoms with E-state index in [1.165, 1.54) is 12.1 Å². The maximum Gasteiger partial charge on any atom is 0.270 e. The molecule has 29 heavy (non-hydrogen) atoms. The molecule has 1 atom stereocenters. The molecule has 0 aliphatic rings. The van der Waals surface area contributed by atoms with Gasteiger partial charge in [-0.1, -0.05) is 48.0 Å². The van der Waals surface area contributed by atoms with Gasteiger partial charge >= 0.3 is 0 Å². The van der Waals surface area contributed by atoms with Crippen molar-refractivity contribution in [3.05, 3.63) is 99.6 Å². The number of aldehydes is 1. The lowest BCUT2D eigenvalue weighted by Gasteiger charge is -2.20. The molecule has 7 nitrogen and oxygen atoms in total. The Hall–Kier alpha value is -4.00. The van der Waals surface area contributed by atoms with E-state index in [1.54, 1.807) is 42.5 Å². The van der Waals surface area contributed by atoms with Crippen LogP contribution in [0.25, 0.3) is 0 Å². The fraction of sp³-hybridized carbons (Fsp3) is 0.0909. The summed E-state index contributed by atoms with van der Waals surface area (Å²) in [6.07, 6.45) is -0.597. The van der Waals surface area contributed by atoms with E-state index in [0.717, 1.165) is 11.6 Å². The second-order valence-corrected chi connectivity index (χ2v) is 6.36. The highest BCUT2D eigenvalue weighted by atomic mass is 16.6. The van der Waals surface area contributed by atoms with Gasteiger partial charge in [0.2, 0.25) is 6.10 Å². The van der Waals surface area contributed by atoms with Gasteiger partial charge in [0, 0.05) is 23.4 Å². The van der Waals surface area contributed by atoms with E-state index >= 15 is 0 Å². The van der Waals surface area contributed by atoms with Gasteiger partial charge in [-0.15, -0.1) is 0 Å². The zero-order valence-corrected chi connectivity index (χ0v) is 15.6. The van der Waals surface area contributed by atoms with Gasteiger partial charge in [0.15, 0.2) is 6.29 Å². The topological polar surface area (TPSA) is 98.5 Å². The summed E-state index contributed by atoms with van der Waals surface area (Å²) in [5.41, 5.74) is 1.99. The maximum absolute atomic E-state index is 12.9. The molecule has 0 bridgehead atoms. The second kappa shape index (κ2) is 8.79. The predicted octanol–water partition coefficient (Wildman–Crippen LogP) is 4.47. The molecule has 1 amide bonds. The molecule has 0 aliphatic heterocycles. The van der Waals surface area contributed by atoms with Crippen LogP contribution in [0.3, 0.4) is 0 Å². The number of non-ortho nitro benzene ring substituents is 1. The van der Waals surface area contributed by atoms with Gasteiger partial charge in [-0.25, -0.2) is 0 Å². The summed E-state index contributed by atoms with van der Waals surface area (Å²) in [6, 6.07) is 19.7. The van der Waals surface area contributed by atoms with E-state index < -0.39 is 16.9 Å². The lowest BCUT2D eigenvalue weighted by molar-refractivity contribution is -0.384. The van der Waals surface area contributed by atoms with Crippen LogP contribution in [-0.2, 0) is 4.79 Å². The van der Waals surface area contributed by atoms with E-state index in [0.29, 0.717) is 17.5 Å². The van der Waals surface area contributed by atoms with Gasteiger partial charge < -0.3 is 10.1 Å². The highest BCUT2D eigenvalue weighted by Crippen LogP contribution is 2.29. The van der Waals surface area contributed by atoms with E-state index in [2.05, 4.69) is 5.32 Å². The number of nitro groups is 1. The summed E-state index contributed by atoms with van der Waals surface area (Å²) in [7, 11) is 0. The van der Waals surface area contributed by atoms with Crippen LogP contribution < -0.4 is 10.1 Å². The standard InChI is InChI=1S/C22H18N2O5/c1-15-7-9-18(10-8-15)23-22(26)21(16-5-3-2-4-6-16)29-20-12-11-19(24(27)28)13-17(20)14-25/h2-14,21H,1H3,(H,23,26)/t21-/m0/s1. The molecule has 0 aliphatic carbocycles. The minimum atomic E-state index is -1.06. The third-order valence-corrected chi connectivity index (χ3v) is 4.24. The maximum atomic E-state index is 12.9. The Morgan fingerprint density at radius 2 is 1.76 bits per heavy atom. The van der Waals surface area contributed by atoms with Crippen molar-refractivity contribution >= 4 is 23.6 Å². The summed E-state index contributed by atoms with van der Waals surface area (Å²) in [5.74, 6) is -0.353. The fourth-order valence-electron chi connectivity index (χ4n) is 2.72. The van der Waals surface area contributed by atoms with E-state index in [9.17, 15) is 19.7 Å². The Morgan fingerprint density at radius 1 is 1.07 bits per heavy atom. The molecular weight excluding hydrogens is 372 g/mol. The Kier molecular flexibility index (Phi) is 5.99. The molecule has 3 aromatic carbocycles. The SMILES string of the molecule is Cc1ccc(NC(=O)[C@@H](Oc2ccc([N+](=O)[O-])cc2C=O)c2ccccc2)cc1. The van der Waals surface area contributed by atoms with Crippen LogP contribution >= 0.6 is 0 Å². The molecule has 0 unspecified atom stereocenters. The normalized spacial score (nSPS) is 11.3. The van der Waals surface area contributed by atoms with Crippen molar-refractivity contribution in [3.63, 3.8) is 0 Å². The van der Waals surface area contributed by atoms with Crippen LogP contribution in [0.1, 0.15) is 27.6 Å². The predicted molar refractivity (Wildman–Crippen MR) is 108 cm³/mol. The minimum absolute atomic E-state index is 0.0109. The third-order valence-electron chi connectivity index (χ3n) is 4.24. The first-order valence-corrected chi connectivity index (χ1v) is 8.80. The van der Waals surface area contributed by atoms with Crippen molar-refractivity contribution in [1.82, 2.24) is 0 Å². The average molecular weight is 390 g/mol. The zero-order chi connectivity index (χ0) is 20.8. The van der Waals surface area contributed by atoms with Crippen molar-refractivity contribution in [2.24, 2.45) is 0 Å². The molecular formula is C22H18N2O5. The van der Waals surface area contributed by atoms with Crippen LogP contribution in [0.5, 0.6) is 5.75 Å². The number of aryl methyl sites for hydroxylation is 1. The lowest BCUT2D eigenvalue weighted by atomic mass is 10.1. The summed E-state index contributed by atoms with van der Waals surface area (Å²) in [4.78, 5) is 34.7. The molecule has 0 aromatic heterocycles. The van der Waals surface area contributed by atoms with Crippen molar-refractivity contribution in [2.45, 2.75) is 13.0 Å². The molecule has 7 heteroatoms. The number of carbonyl (C=O) groups is 2. The third kappa shape index (κ3) is 4.84. The van der Waals surface area contributed by atoms with E-state index in [4.69, 9.17) is 4.74 Å². The molecule has 0 radical (unpaired) electrons. The Bertz CT molecular complexity index is 1030. The Labute approximate surface area is 167 Å². The molecule has 1 N–H and O–H groups in total. The van der Waals surface area contributed by atoms with Crippen molar-refractivity contribution in [3.8, 4) is 5.75 Å². The molecule has 0 spiro atoms. The number of carbonyl (C=O) groups excluding carboxylic acids is 2. The second-order valence-electron chi connectivity index (χ2n) is 6.36. The van der Waals surface area contributed by atoms with Crippen molar-refractivity contribution in [2.75, 3.05) is 5.32 Å². The number of nitro benzene ring substituents is 1. The van der Waals surface area contributed by atoms with Crippen molar-refractivity contribution in [1.29, 1.82) is 0 Å². The number of amides is 1. The van der Waals surface area contributed by atoms with Gasteiger partial charge in [-0.2, -0.15) is 0 Å². The average Bonchev–Trinajstić information content (AvgIpc) is 2.74.